The van der Waals surface area contributed by atoms with E-state index in [-0.39, 0.29) is 17.7 Å². The van der Waals surface area contributed by atoms with E-state index >= 15 is 0 Å². The van der Waals surface area contributed by atoms with Gasteiger partial charge in [-0.3, -0.25) is 9.59 Å². The standard InChI is InChI=1S/C29H47N3O4/c1-10-11-15-20(27(35)36)18-22(19(2)3)31-25(33)23(28(4,5)6)32-26(34)24(30-9)29(7,8)21-16-13-12-14-17-21/h12-14,16-19,22-24,30H,10-11,15H2,1-9H3,(H,31,33)(H,32,34)(H,35,36)/b20-18+/t22-,23-,24-/m1/s1. The molecule has 7 nitrogen and oxygen atoms in total. The summed E-state index contributed by atoms with van der Waals surface area (Å²) in [7, 11) is 1.74. The van der Waals surface area contributed by atoms with Crippen LogP contribution in [0.15, 0.2) is 42.0 Å². The van der Waals surface area contributed by atoms with Gasteiger partial charge in [-0.05, 0) is 36.8 Å². The second kappa shape index (κ2) is 13.6. The Morgan fingerprint density at radius 3 is 1.94 bits per heavy atom. The molecule has 0 aliphatic carbocycles. The Bertz CT molecular complexity index is 901. The predicted molar refractivity (Wildman–Crippen MR) is 146 cm³/mol. The molecule has 0 fully saturated rings. The lowest BCUT2D eigenvalue weighted by Crippen LogP contribution is -2.61. The molecule has 1 aromatic rings. The van der Waals surface area contributed by atoms with E-state index in [0.717, 1.165) is 18.4 Å². The summed E-state index contributed by atoms with van der Waals surface area (Å²) in [4.78, 5) is 38.8. The van der Waals surface area contributed by atoms with Crippen LogP contribution >= 0.6 is 0 Å². The fraction of sp³-hybridized carbons (Fsp3) is 0.621. The first-order chi connectivity index (χ1) is 16.7. The van der Waals surface area contributed by atoms with Crippen LogP contribution in [0, 0.1) is 11.3 Å². The minimum Gasteiger partial charge on any atom is -0.478 e. The van der Waals surface area contributed by atoms with Gasteiger partial charge in [0.05, 0.1) is 12.1 Å². The predicted octanol–water partition coefficient (Wildman–Crippen LogP) is 4.43. The van der Waals surface area contributed by atoms with E-state index in [9.17, 15) is 19.5 Å². The number of amides is 2. The lowest BCUT2D eigenvalue weighted by Gasteiger charge is -2.37. The van der Waals surface area contributed by atoms with Crippen LogP contribution in [0.4, 0.5) is 0 Å². The number of carbonyl (C=O) groups is 3. The molecule has 0 aliphatic rings. The summed E-state index contributed by atoms with van der Waals surface area (Å²) < 4.78 is 0. The number of nitrogens with one attached hydrogen (secondary N) is 3. The van der Waals surface area contributed by atoms with Crippen LogP contribution in [0.5, 0.6) is 0 Å². The number of benzene rings is 1. The molecule has 0 saturated heterocycles. The van der Waals surface area contributed by atoms with E-state index in [1.165, 1.54) is 0 Å². The van der Waals surface area contributed by atoms with Gasteiger partial charge in [0.25, 0.3) is 0 Å². The molecule has 1 aromatic carbocycles. The van der Waals surface area contributed by atoms with Crippen molar-refractivity contribution in [3.05, 3.63) is 47.5 Å². The normalized spacial score (nSPS) is 15.2. The first kappa shape index (κ1) is 31.4. The van der Waals surface area contributed by atoms with E-state index in [2.05, 4.69) is 16.0 Å². The van der Waals surface area contributed by atoms with Crippen LogP contribution in [0.1, 0.15) is 80.2 Å². The van der Waals surface area contributed by atoms with E-state index in [1.54, 1.807) is 13.1 Å². The molecule has 0 spiro atoms. The number of hydrogen-bond donors (Lipinski definition) is 4. The van der Waals surface area contributed by atoms with Crippen LogP contribution in [-0.2, 0) is 19.8 Å². The number of carboxylic acids is 1. The van der Waals surface area contributed by atoms with Gasteiger partial charge in [-0.15, -0.1) is 0 Å². The van der Waals surface area contributed by atoms with E-state index < -0.39 is 34.9 Å². The number of unbranched alkanes of at least 4 members (excludes halogenated alkanes) is 1. The average Bonchev–Trinajstić information content (AvgIpc) is 2.79. The smallest absolute Gasteiger partial charge is 0.331 e. The Morgan fingerprint density at radius 2 is 1.50 bits per heavy atom. The van der Waals surface area contributed by atoms with Crippen LogP contribution in [-0.4, -0.2) is 48.1 Å². The quantitative estimate of drug-likeness (QED) is 0.299. The number of carbonyl (C=O) groups excluding carboxylic acids is 2. The zero-order valence-electron chi connectivity index (χ0n) is 23.6. The summed E-state index contributed by atoms with van der Waals surface area (Å²) in [6.45, 7) is 15.6. The van der Waals surface area contributed by atoms with Gasteiger partial charge < -0.3 is 21.1 Å². The van der Waals surface area contributed by atoms with Crippen molar-refractivity contribution in [2.24, 2.45) is 11.3 Å². The maximum atomic E-state index is 13.5. The molecule has 3 atom stereocenters. The molecular formula is C29H47N3O4. The van der Waals surface area contributed by atoms with Gasteiger partial charge in [0.15, 0.2) is 0 Å². The van der Waals surface area contributed by atoms with Crippen molar-refractivity contribution in [2.45, 2.75) is 98.2 Å². The Morgan fingerprint density at radius 1 is 0.944 bits per heavy atom. The third-order valence-electron chi connectivity index (χ3n) is 6.69. The highest BCUT2D eigenvalue weighted by Gasteiger charge is 2.40. The van der Waals surface area contributed by atoms with Crippen LogP contribution in [0.2, 0.25) is 0 Å². The Kier molecular flexibility index (Phi) is 11.8. The summed E-state index contributed by atoms with van der Waals surface area (Å²) in [5.41, 5.74) is 0.206. The van der Waals surface area contributed by atoms with E-state index in [0.29, 0.717) is 12.0 Å². The number of likely N-dealkylation sites (N-methyl/N-ethyl adjacent to an activating group) is 1. The molecule has 2 amide bonds. The van der Waals surface area contributed by atoms with Crippen molar-refractivity contribution in [1.82, 2.24) is 16.0 Å². The van der Waals surface area contributed by atoms with Crippen LogP contribution in [0.3, 0.4) is 0 Å². The lowest BCUT2D eigenvalue weighted by molar-refractivity contribution is -0.133. The van der Waals surface area contributed by atoms with Gasteiger partial charge in [-0.1, -0.05) is 98.2 Å². The zero-order valence-corrected chi connectivity index (χ0v) is 23.6. The topological polar surface area (TPSA) is 108 Å². The highest BCUT2D eigenvalue weighted by atomic mass is 16.4. The fourth-order valence-electron chi connectivity index (χ4n) is 4.25. The summed E-state index contributed by atoms with van der Waals surface area (Å²) in [6, 6.07) is 7.94. The SMILES string of the molecule is CCCC/C(=C\[C@@H](NC(=O)[C@@H](NC(=O)[C@@H](NC)C(C)(C)c1ccccc1)C(C)(C)C)C(C)C)C(=O)O. The minimum atomic E-state index is -0.968. The van der Waals surface area contributed by atoms with Crippen molar-refractivity contribution in [2.75, 3.05) is 7.05 Å². The van der Waals surface area contributed by atoms with Crippen LogP contribution in [0.25, 0.3) is 0 Å². The molecule has 0 bridgehead atoms. The van der Waals surface area contributed by atoms with Crippen molar-refractivity contribution >= 4 is 17.8 Å². The highest BCUT2D eigenvalue weighted by Crippen LogP contribution is 2.28. The molecule has 0 heterocycles. The van der Waals surface area contributed by atoms with Crippen molar-refractivity contribution in [3.63, 3.8) is 0 Å². The maximum Gasteiger partial charge on any atom is 0.331 e. The van der Waals surface area contributed by atoms with E-state index in [1.807, 2.05) is 85.7 Å². The zero-order chi connectivity index (χ0) is 27.7. The van der Waals surface area contributed by atoms with Crippen molar-refractivity contribution < 1.29 is 19.5 Å². The Hall–Kier alpha value is -2.67. The molecule has 202 valence electrons. The lowest BCUT2D eigenvalue weighted by atomic mass is 9.76. The molecule has 0 saturated carbocycles. The summed E-state index contributed by atoms with van der Waals surface area (Å²) in [6.07, 6.45) is 3.74. The van der Waals surface area contributed by atoms with Gasteiger partial charge in [0.2, 0.25) is 11.8 Å². The van der Waals surface area contributed by atoms with Gasteiger partial charge in [0.1, 0.15) is 6.04 Å². The molecular weight excluding hydrogens is 454 g/mol. The molecule has 36 heavy (non-hydrogen) atoms. The number of aliphatic carboxylic acids is 1. The minimum absolute atomic E-state index is 0.0247. The molecule has 0 aliphatic heterocycles. The first-order valence-corrected chi connectivity index (χ1v) is 12.9. The molecule has 4 N–H and O–H groups in total. The average molecular weight is 502 g/mol. The van der Waals surface area contributed by atoms with Gasteiger partial charge >= 0.3 is 5.97 Å². The maximum absolute atomic E-state index is 13.5. The second-order valence-electron chi connectivity index (χ2n) is 11.5. The highest BCUT2D eigenvalue weighted by molar-refractivity contribution is 5.91. The molecule has 0 aromatic heterocycles. The largest absolute Gasteiger partial charge is 0.478 e. The summed E-state index contributed by atoms with van der Waals surface area (Å²) >= 11 is 0. The second-order valence-corrected chi connectivity index (χ2v) is 11.5. The number of hydrogen-bond acceptors (Lipinski definition) is 4. The fourth-order valence-corrected chi connectivity index (χ4v) is 4.25. The molecule has 0 radical (unpaired) electrons. The first-order valence-electron chi connectivity index (χ1n) is 12.9. The number of carboxylic acid groups (broad SMARTS) is 1. The van der Waals surface area contributed by atoms with Gasteiger partial charge in [-0.2, -0.15) is 0 Å². The molecule has 0 unspecified atom stereocenters. The van der Waals surface area contributed by atoms with E-state index in [4.69, 9.17) is 0 Å². The van der Waals surface area contributed by atoms with Crippen molar-refractivity contribution in [3.8, 4) is 0 Å². The van der Waals surface area contributed by atoms with Crippen LogP contribution < -0.4 is 16.0 Å². The van der Waals surface area contributed by atoms with Crippen molar-refractivity contribution in [1.29, 1.82) is 0 Å². The Balaban J connectivity index is 3.21. The third kappa shape index (κ3) is 8.77. The number of rotatable bonds is 13. The van der Waals surface area contributed by atoms with Gasteiger partial charge in [-0.25, -0.2) is 4.79 Å². The monoisotopic (exact) mass is 501 g/mol. The molecule has 7 heteroatoms. The van der Waals surface area contributed by atoms with Gasteiger partial charge in [0, 0.05) is 11.0 Å². The molecule has 1 rings (SSSR count). The summed E-state index contributed by atoms with van der Waals surface area (Å²) in [5, 5.41) is 18.8. The summed E-state index contributed by atoms with van der Waals surface area (Å²) in [5.74, 6) is -1.60. The third-order valence-corrected chi connectivity index (χ3v) is 6.69. The Labute approximate surface area is 217 Å².